The number of likely N-dealkylation sites (N-methyl/N-ethyl adjacent to an activating group) is 1. The van der Waals surface area contributed by atoms with Crippen LogP contribution >= 0.6 is 0 Å². The third-order valence-electron chi connectivity index (χ3n) is 5.06. The molecule has 0 saturated carbocycles. The largest absolute Gasteiger partial charge is 0.377 e. The van der Waals surface area contributed by atoms with E-state index in [0.717, 1.165) is 35.5 Å². The second-order valence-electron chi connectivity index (χ2n) is 8.86. The highest BCUT2D eigenvalue weighted by molar-refractivity contribution is 5.89. The van der Waals surface area contributed by atoms with E-state index in [4.69, 9.17) is 9.84 Å². The predicted octanol–water partition coefficient (Wildman–Crippen LogP) is 4.60. The van der Waals surface area contributed by atoms with Crippen molar-refractivity contribution in [1.29, 1.82) is 0 Å². The molecule has 1 N–H and O–H groups in total. The summed E-state index contributed by atoms with van der Waals surface area (Å²) in [6.07, 6.45) is 3.06. The maximum atomic E-state index is 12.9. The van der Waals surface area contributed by atoms with Gasteiger partial charge in [-0.3, -0.25) is 5.32 Å². The van der Waals surface area contributed by atoms with Gasteiger partial charge in [-0.05, 0) is 37.5 Å². The summed E-state index contributed by atoms with van der Waals surface area (Å²) in [5, 5.41) is 7.87. The van der Waals surface area contributed by atoms with Crippen LogP contribution < -0.4 is 5.32 Å². The first-order valence-corrected chi connectivity index (χ1v) is 10.1. The van der Waals surface area contributed by atoms with Crippen LogP contribution in [0.5, 0.6) is 0 Å². The molecule has 156 valence electrons. The number of hydrogen-bond donors (Lipinski definition) is 1. The topological polar surface area (TPSA) is 59.4 Å². The van der Waals surface area contributed by atoms with Crippen molar-refractivity contribution in [2.24, 2.45) is 0 Å². The molecule has 0 aliphatic carbocycles. The van der Waals surface area contributed by atoms with Crippen molar-refractivity contribution >= 4 is 11.8 Å². The fourth-order valence-corrected chi connectivity index (χ4v) is 3.36. The second-order valence-corrected chi connectivity index (χ2v) is 8.86. The molecule has 3 rings (SSSR count). The lowest BCUT2D eigenvalue weighted by Crippen LogP contribution is -2.34. The molecule has 2 heterocycles. The monoisotopic (exact) mass is 396 g/mol. The zero-order valence-corrected chi connectivity index (χ0v) is 18.4. The van der Waals surface area contributed by atoms with Crippen molar-refractivity contribution in [3.63, 3.8) is 0 Å². The van der Waals surface area contributed by atoms with Gasteiger partial charge in [0.15, 0.2) is 0 Å². The molecule has 6 nitrogen and oxygen atoms in total. The molecule has 6 heteroatoms. The highest BCUT2D eigenvalue weighted by atomic mass is 16.5. The van der Waals surface area contributed by atoms with Crippen LogP contribution in [0.4, 0.5) is 10.6 Å². The zero-order chi connectivity index (χ0) is 21.2. The van der Waals surface area contributed by atoms with E-state index < -0.39 is 0 Å². The molecule has 1 aromatic carbocycles. The fraction of sp³-hybridized carbons (Fsp3) is 0.478. The standard InChI is InChI=1S/C23H32N4O2/c1-16-9-10-19(17(2)12-16)27-21(13-20(25-27)23(3,4)5)24-22(28)26(6)14-18-8-7-11-29-15-18/h8-10,12-13H,7,11,14-15H2,1-6H3,(H,24,28). The quantitative estimate of drug-likeness (QED) is 0.769. The predicted molar refractivity (Wildman–Crippen MR) is 117 cm³/mol. The van der Waals surface area contributed by atoms with Crippen LogP contribution in [0.15, 0.2) is 35.9 Å². The minimum Gasteiger partial charge on any atom is -0.377 e. The van der Waals surface area contributed by atoms with Gasteiger partial charge in [-0.2, -0.15) is 5.10 Å². The fourth-order valence-electron chi connectivity index (χ4n) is 3.36. The Bertz CT molecular complexity index is 921. The van der Waals surface area contributed by atoms with Gasteiger partial charge in [-0.15, -0.1) is 0 Å². The maximum Gasteiger partial charge on any atom is 0.323 e. The molecule has 1 aliphatic heterocycles. The lowest BCUT2D eigenvalue weighted by atomic mass is 9.92. The SMILES string of the molecule is Cc1ccc(-n2nc(C(C)(C)C)cc2NC(=O)N(C)CC2=CCCOC2)c(C)c1. The van der Waals surface area contributed by atoms with Gasteiger partial charge in [0, 0.05) is 25.1 Å². The van der Waals surface area contributed by atoms with E-state index in [0.29, 0.717) is 19.0 Å². The molecule has 0 spiro atoms. The number of aryl methyl sites for hydroxylation is 2. The van der Waals surface area contributed by atoms with Gasteiger partial charge in [0.1, 0.15) is 5.82 Å². The molecule has 0 bridgehead atoms. The van der Waals surface area contributed by atoms with E-state index in [1.165, 1.54) is 5.56 Å². The first-order chi connectivity index (χ1) is 13.6. The zero-order valence-electron chi connectivity index (χ0n) is 18.4. The van der Waals surface area contributed by atoms with Crippen molar-refractivity contribution < 1.29 is 9.53 Å². The smallest absolute Gasteiger partial charge is 0.323 e. The normalized spacial score (nSPS) is 14.5. The number of hydrogen-bond acceptors (Lipinski definition) is 3. The van der Waals surface area contributed by atoms with Crippen molar-refractivity contribution in [3.8, 4) is 5.69 Å². The Kier molecular flexibility index (Phi) is 6.13. The van der Waals surface area contributed by atoms with Crippen molar-refractivity contribution in [2.75, 3.05) is 32.1 Å². The number of aromatic nitrogens is 2. The number of ether oxygens (including phenoxy) is 1. The molecular formula is C23H32N4O2. The summed E-state index contributed by atoms with van der Waals surface area (Å²) in [4.78, 5) is 14.6. The van der Waals surface area contributed by atoms with Crippen molar-refractivity contribution in [3.05, 3.63) is 52.7 Å². The van der Waals surface area contributed by atoms with E-state index in [1.807, 2.05) is 16.8 Å². The maximum absolute atomic E-state index is 12.9. The summed E-state index contributed by atoms with van der Waals surface area (Å²) < 4.78 is 7.32. The minimum atomic E-state index is -0.164. The molecule has 2 aromatic rings. The van der Waals surface area contributed by atoms with Crippen LogP contribution in [0, 0.1) is 13.8 Å². The van der Waals surface area contributed by atoms with E-state index >= 15 is 0 Å². The van der Waals surface area contributed by atoms with E-state index in [2.05, 4.69) is 58.1 Å². The highest BCUT2D eigenvalue weighted by Gasteiger charge is 2.23. The van der Waals surface area contributed by atoms with Gasteiger partial charge in [0.05, 0.1) is 24.6 Å². The highest BCUT2D eigenvalue weighted by Crippen LogP contribution is 2.28. The third-order valence-corrected chi connectivity index (χ3v) is 5.06. The summed E-state index contributed by atoms with van der Waals surface area (Å²) in [6, 6.07) is 8.04. The van der Waals surface area contributed by atoms with Gasteiger partial charge in [0.25, 0.3) is 0 Å². The molecule has 29 heavy (non-hydrogen) atoms. The average Bonchev–Trinajstić information content (AvgIpc) is 3.06. The second kappa shape index (κ2) is 8.41. The molecule has 0 radical (unpaired) electrons. The van der Waals surface area contributed by atoms with Crippen LogP contribution in [-0.2, 0) is 10.2 Å². The number of benzene rings is 1. The van der Waals surface area contributed by atoms with Crippen LogP contribution in [0.1, 0.15) is 44.0 Å². The van der Waals surface area contributed by atoms with Crippen LogP contribution in [0.2, 0.25) is 0 Å². The minimum absolute atomic E-state index is 0.126. The van der Waals surface area contributed by atoms with E-state index in [-0.39, 0.29) is 11.4 Å². The number of carbonyl (C=O) groups is 1. The molecule has 0 unspecified atom stereocenters. The number of rotatable bonds is 4. The Balaban J connectivity index is 1.88. The molecule has 2 amide bonds. The molecule has 0 atom stereocenters. The van der Waals surface area contributed by atoms with E-state index in [9.17, 15) is 4.79 Å². The average molecular weight is 397 g/mol. The van der Waals surface area contributed by atoms with Crippen LogP contribution in [0.3, 0.4) is 0 Å². The Morgan fingerprint density at radius 1 is 1.28 bits per heavy atom. The van der Waals surface area contributed by atoms with Crippen LogP contribution in [-0.4, -0.2) is 47.5 Å². The molecule has 0 saturated heterocycles. The Labute approximate surface area is 173 Å². The van der Waals surface area contributed by atoms with Gasteiger partial charge in [0.2, 0.25) is 0 Å². The van der Waals surface area contributed by atoms with Gasteiger partial charge in [-0.1, -0.05) is 44.5 Å². The number of anilines is 1. The van der Waals surface area contributed by atoms with Gasteiger partial charge < -0.3 is 9.64 Å². The number of amides is 2. The lowest BCUT2D eigenvalue weighted by molar-refractivity contribution is 0.145. The summed E-state index contributed by atoms with van der Waals surface area (Å²) in [5.41, 5.74) is 5.21. The van der Waals surface area contributed by atoms with E-state index in [1.54, 1.807) is 11.9 Å². The summed E-state index contributed by atoms with van der Waals surface area (Å²) in [7, 11) is 1.80. The number of carbonyl (C=O) groups excluding carboxylic acids is 1. The Hall–Kier alpha value is -2.60. The molecule has 1 aromatic heterocycles. The number of urea groups is 1. The first kappa shape index (κ1) is 21.1. The summed E-state index contributed by atoms with van der Waals surface area (Å²) >= 11 is 0. The molecular weight excluding hydrogens is 364 g/mol. The van der Waals surface area contributed by atoms with Crippen LogP contribution in [0.25, 0.3) is 5.69 Å². The van der Waals surface area contributed by atoms with Crippen molar-refractivity contribution in [2.45, 2.75) is 46.5 Å². The Morgan fingerprint density at radius 2 is 2.03 bits per heavy atom. The van der Waals surface area contributed by atoms with Gasteiger partial charge in [-0.25, -0.2) is 9.48 Å². The molecule has 0 fully saturated rings. The summed E-state index contributed by atoms with van der Waals surface area (Å²) in [6.45, 7) is 12.4. The van der Waals surface area contributed by atoms with Gasteiger partial charge >= 0.3 is 6.03 Å². The summed E-state index contributed by atoms with van der Waals surface area (Å²) in [5.74, 6) is 0.674. The van der Waals surface area contributed by atoms with Crippen molar-refractivity contribution in [1.82, 2.24) is 14.7 Å². The first-order valence-electron chi connectivity index (χ1n) is 10.1. The lowest BCUT2D eigenvalue weighted by Gasteiger charge is -2.22. The Morgan fingerprint density at radius 3 is 2.66 bits per heavy atom. The third kappa shape index (κ3) is 5.07. The molecule has 1 aliphatic rings. The number of nitrogens with zero attached hydrogens (tertiary/aromatic N) is 3. The number of nitrogens with one attached hydrogen (secondary N) is 1.